The van der Waals surface area contributed by atoms with E-state index in [2.05, 4.69) is 31.8 Å². The van der Waals surface area contributed by atoms with Crippen molar-refractivity contribution >= 4 is 33.2 Å². The highest BCUT2D eigenvalue weighted by Gasteiger charge is 2.09. The van der Waals surface area contributed by atoms with Gasteiger partial charge in [-0.05, 0) is 36.8 Å². The van der Waals surface area contributed by atoms with E-state index in [-0.39, 0.29) is 18.2 Å². The number of halogens is 1. The third-order valence-corrected chi connectivity index (χ3v) is 3.64. The van der Waals surface area contributed by atoms with Gasteiger partial charge in [0.05, 0.1) is 12.3 Å². The van der Waals surface area contributed by atoms with Gasteiger partial charge in [-0.3, -0.25) is 4.79 Å². The molecular formula is C17H18BrN3O2. The Labute approximate surface area is 143 Å². The van der Waals surface area contributed by atoms with Gasteiger partial charge in [-0.25, -0.2) is 5.43 Å². The molecule has 0 saturated carbocycles. The van der Waals surface area contributed by atoms with Crippen molar-refractivity contribution < 1.29 is 9.90 Å². The zero-order valence-corrected chi connectivity index (χ0v) is 14.3. The normalized spacial score (nSPS) is 11.1. The van der Waals surface area contributed by atoms with Gasteiger partial charge in [0.1, 0.15) is 5.75 Å². The number of para-hydroxylation sites is 1. The van der Waals surface area contributed by atoms with Crippen molar-refractivity contribution in [1.29, 1.82) is 0 Å². The average Bonchev–Trinajstić information content (AvgIpc) is 2.57. The fourth-order valence-corrected chi connectivity index (χ4v) is 2.34. The van der Waals surface area contributed by atoms with Crippen molar-refractivity contribution in [1.82, 2.24) is 5.43 Å². The molecule has 0 aliphatic heterocycles. The Morgan fingerprint density at radius 3 is 2.65 bits per heavy atom. The molecule has 1 amide bonds. The summed E-state index contributed by atoms with van der Waals surface area (Å²) in [5.41, 5.74) is 4.58. The standard InChI is InChI=1S/C17H18BrN3O2/c1-2-15(14-10-12(18)8-9-16(14)22)20-21-17(23)11-19-13-6-4-3-5-7-13/h3-10,19,22H,2,11H2,1H3,(H,21,23)/b20-15+. The first kappa shape index (κ1) is 17.0. The molecule has 5 nitrogen and oxygen atoms in total. The molecule has 0 radical (unpaired) electrons. The molecule has 0 bridgehead atoms. The molecule has 120 valence electrons. The van der Waals surface area contributed by atoms with Gasteiger partial charge < -0.3 is 10.4 Å². The predicted molar refractivity (Wildman–Crippen MR) is 95.7 cm³/mol. The lowest BCUT2D eigenvalue weighted by Gasteiger charge is -2.09. The number of carbonyl (C=O) groups excluding carboxylic acids is 1. The molecule has 0 atom stereocenters. The number of hydrazone groups is 1. The summed E-state index contributed by atoms with van der Waals surface area (Å²) in [6.45, 7) is 2.03. The molecular weight excluding hydrogens is 358 g/mol. The number of hydrogen-bond acceptors (Lipinski definition) is 4. The number of hydrogen-bond donors (Lipinski definition) is 3. The van der Waals surface area contributed by atoms with Gasteiger partial charge in [-0.15, -0.1) is 0 Å². The van der Waals surface area contributed by atoms with Gasteiger partial charge >= 0.3 is 0 Å². The van der Waals surface area contributed by atoms with Crippen molar-refractivity contribution in [3.05, 3.63) is 58.6 Å². The Balaban J connectivity index is 1.99. The van der Waals surface area contributed by atoms with Crippen LogP contribution < -0.4 is 10.7 Å². The molecule has 0 spiro atoms. The molecule has 0 aromatic heterocycles. The zero-order chi connectivity index (χ0) is 16.7. The monoisotopic (exact) mass is 375 g/mol. The number of aromatic hydroxyl groups is 1. The van der Waals surface area contributed by atoms with E-state index in [1.165, 1.54) is 0 Å². The lowest BCUT2D eigenvalue weighted by Crippen LogP contribution is -2.27. The van der Waals surface area contributed by atoms with Gasteiger partial charge in [0, 0.05) is 15.7 Å². The highest BCUT2D eigenvalue weighted by molar-refractivity contribution is 9.10. The van der Waals surface area contributed by atoms with Crippen LogP contribution in [0, 0.1) is 0 Å². The fraction of sp³-hybridized carbons (Fsp3) is 0.176. The number of amides is 1. The Hall–Kier alpha value is -2.34. The van der Waals surface area contributed by atoms with E-state index < -0.39 is 0 Å². The first-order valence-electron chi connectivity index (χ1n) is 7.23. The van der Waals surface area contributed by atoms with E-state index in [9.17, 15) is 9.90 Å². The molecule has 2 rings (SSSR count). The van der Waals surface area contributed by atoms with E-state index >= 15 is 0 Å². The molecule has 2 aromatic carbocycles. The minimum absolute atomic E-state index is 0.120. The molecule has 0 unspecified atom stereocenters. The van der Waals surface area contributed by atoms with Crippen LogP contribution >= 0.6 is 15.9 Å². The maximum absolute atomic E-state index is 11.9. The summed E-state index contributed by atoms with van der Waals surface area (Å²) in [6.07, 6.45) is 0.580. The third-order valence-electron chi connectivity index (χ3n) is 3.15. The Kier molecular flexibility index (Phi) is 6.17. The molecule has 6 heteroatoms. The quantitative estimate of drug-likeness (QED) is 0.534. The summed E-state index contributed by atoms with van der Waals surface area (Å²) in [4.78, 5) is 11.9. The van der Waals surface area contributed by atoms with Crippen LogP contribution in [0.15, 0.2) is 58.1 Å². The van der Waals surface area contributed by atoms with Crippen LogP contribution in [0.1, 0.15) is 18.9 Å². The summed E-state index contributed by atoms with van der Waals surface area (Å²) in [5, 5.41) is 17.1. The number of anilines is 1. The van der Waals surface area contributed by atoms with Crippen molar-refractivity contribution in [3.63, 3.8) is 0 Å². The van der Waals surface area contributed by atoms with E-state index in [1.54, 1.807) is 18.2 Å². The van der Waals surface area contributed by atoms with Crippen molar-refractivity contribution in [3.8, 4) is 5.75 Å². The molecule has 0 aliphatic carbocycles. The van der Waals surface area contributed by atoms with Crippen molar-refractivity contribution in [2.24, 2.45) is 5.10 Å². The topological polar surface area (TPSA) is 73.7 Å². The number of phenolic OH excluding ortho intramolecular Hbond substituents is 1. The third kappa shape index (κ3) is 5.10. The maximum Gasteiger partial charge on any atom is 0.259 e. The van der Waals surface area contributed by atoms with Gasteiger partial charge in [-0.2, -0.15) is 5.10 Å². The van der Waals surface area contributed by atoms with Gasteiger partial charge in [0.15, 0.2) is 0 Å². The Bertz CT molecular complexity index is 702. The summed E-state index contributed by atoms with van der Waals surface area (Å²) in [7, 11) is 0. The molecule has 23 heavy (non-hydrogen) atoms. The largest absolute Gasteiger partial charge is 0.507 e. The van der Waals surface area contributed by atoms with E-state index in [1.807, 2.05) is 37.3 Å². The van der Waals surface area contributed by atoms with Crippen LogP contribution in [0.3, 0.4) is 0 Å². The summed E-state index contributed by atoms with van der Waals surface area (Å²) in [6, 6.07) is 14.6. The summed E-state index contributed by atoms with van der Waals surface area (Å²) < 4.78 is 0.837. The number of carbonyl (C=O) groups is 1. The minimum Gasteiger partial charge on any atom is -0.507 e. The first-order valence-corrected chi connectivity index (χ1v) is 8.02. The van der Waals surface area contributed by atoms with Crippen LogP contribution in [0.25, 0.3) is 0 Å². The smallest absolute Gasteiger partial charge is 0.259 e. The number of nitrogens with zero attached hydrogens (tertiary/aromatic N) is 1. The number of benzene rings is 2. The van der Waals surface area contributed by atoms with Crippen LogP contribution in [0.5, 0.6) is 5.75 Å². The van der Waals surface area contributed by atoms with Crippen LogP contribution in [0.4, 0.5) is 5.69 Å². The number of phenols is 1. The van der Waals surface area contributed by atoms with Gasteiger partial charge in [0.25, 0.3) is 5.91 Å². The molecule has 0 aliphatic rings. The first-order chi connectivity index (χ1) is 11.1. The van der Waals surface area contributed by atoms with Crippen molar-refractivity contribution in [2.75, 3.05) is 11.9 Å². The molecule has 0 heterocycles. The van der Waals surface area contributed by atoms with Crippen LogP contribution in [0.2, 0.25) is 0 Å². The average molecular weight is 376 g/mol. The van der Waals surface area contributed by atoms with E-state index in [0.29, 0.717) is 17.7 Å². The minimum atomic E-state index is -0.255. The molecule has 2 aromatic rings. The van der Waals surface area contributed by atoms with Crippen molar-refractivity contribution in [2.45, 2.75) is 13.3 Å². The van der Waals surface area contributed by atoms with E-state index in [4.69, 9.17) is 0 Å². The lowest BCUT2D eigenvalue weighted by molar-refractivity contribution is -0.119. The van der Waals surface area contributed by atoms with Gasteiger partial charge in [0.2, 0.25) is 0 Å². The predicted octanol–water partition coefficient (Wildman–Crippen LogP) is 3.50. The number of nitrogens with one attached hydrogen (secondary N) is 2. The van der Waals surface area contributed by atoms with Crippen LogP contribution in [-0.4, -0.2) is 23.3 Å². The fourth-order valence-electron chi connectivity index (χ4n) is 1.98. The molecule has 0 fully saturated rings. The highest BCUT2D eigenvalue weighted by Crippen LogP contribution is 2.23. The Morgan fingerprint density at radius 2 is 1.96 bits per heavy atom. The summed E-state index contributed by atoms with van der Waals surface area (Å²) in [5.74, 6) is -0.125. The Morgan fingerprint density at radius 1 is 1.22 bits per heavy atom. The second-order valence-corrected chi connectivity index (χ2v) is 5.74. The van der Waals surface area contributed by atoms with E-state index in [0.717, 1.165) is 10.2 Å². The second kappa shape index (κ2) is 8.33. The lowest BCUT2D eigenvalue weighted by atomic mass is 10.1. The number of rotatable bonds is 6. The second-order valence-electron chi connectivity index (χ2n) is 4.83. The highest BCUT2D eigenvalue weighted by atomic mass is 79.9. The molecule has 0 saturated heterocycles. The SMILES string of the molecule is CC/C(=N\NC(=O)CNc1ccccc1)c1cc(Br)ccc1O. The van der Waals surface area contributed by atoms with Gasteiger partial charge in [-0.1, -0.05) is 41.1 Å². The summed E-state index contributed by atoms with van der Waals surface area (Å²) >= 11 is 3.36. The maximum atomic E-state index is 11.9. The molecule has 3 N–H and O–H groups in total. The van der Waals surface area contributed by atoms with Crippen LogP contribution in [-0.2, 0) is 4.79 Å². The zero-order valence-electron chi connectivity index (χ0n) is 12.7.